The summed E-state index contributed by atoms with van der Waals surface area (Å²) in [7, 11) is 0. The Hall–Kier alpha value is -2.69. The largest absolute Gasteiger partial charge is 0.508 e. The number of hydrogen-bond donors (Lipinski definition) is 3. The lowest BCUT2D eigenvalue weighted by Crippen LogP contribution is -2.34. The Bertz CT molecular complexity index is 685. The Labute approximate surface area is 122 Å². The van der Waals surface area contributed by atoms with Gasteiger partial charge in [-0.1, -0.05) is 18.2 Å². The lowest BCUT2D eigenvalue weighted by molar-refractivity contribution is -0.122. The van der Waals surface area contributed by atoms with Gasteiger partial charge in [0.05, 0.1) is 5.69 Å². The molecular formula is C16H16N2O3. The molecule has 1 heterocycles. The van der Waals surface area contributed by atoms with Gasteiger partial charge in [0.1, 0.15) is 11.5 Å². The highest BCUT2D eigenvalue weighted by molar-refractivity contribution is 5.98. The molecule has 1 atom stereocenters. The number of aromatic hydroxyl groups is 1. The molecule has 0 aromatic heterocycles. The molecule has 0 radical (unpaired) electrons. The van der Waals surface area contributed by atoms with Crippen molar-refractivity contribution < 1.29 is 14.6 Å². The van der Waals surface area contributed by atoms with E-state index in [1.54, 1.807) is 19.1 Å². The van der Waals surface area contributed by atoms with E-state index >= 15 is 0 Å². The van der Waals surface area contributed by atoms with Gasteiger partial charge < -0.3 is 20.5 Å². The number of amides is 1. The van der Waals surface area contributed by atoms with E-state index in [1.807, 2.05) is 30.3 Å². The Balaban J connectivity index is 1.74. The average molecular weight is 284 g/mol. The van der Waals surface area contributed by atoms with Crippen molar-refractivity contribution in [1.29, 1.82) is 0 Å². The summed E-state index contributed by atoms with van der Waals surface area (Å²) in [5, 5.41) is 15.7. The lowest BCUT2D eigenvalue weighted by atomic mass is 10.2. The van der Waals surface area contributed by atoms with Gasteiger partial charge in [0, 0.05) is 17.8 Å². The lowest BCUT2D eigenvalue weighted by Gasteiger charge is -2.23. The minimum atomic E-state index is -0.474. The van der Waals surface area contributed by atoms with E-state index in [-0.39, 0.29) is 11.7 Å². The maximum absolute atomic E-state index is 11.6. The molecule has 1 aliphatic heterocycles. The zero-order valence-corrected chi connectivity index (χ0v) is 11.6. The highest BCUT2D eigenvalue weighted by Crippen LogP contribution is 2.32. The van der Waals surface area contributed by atoms with Crippen LogP contribution < -0.4 is 15.4 Å². The number of fused-ring (bicyclic) bond motifs is 1. The zero-order chi connectivity index (χ0) is 14.8. The fourth-order valence-electron chi connectivity index (χ4n) is 2.18. The summed E-state index contributed by atoms with van der Waals surface area (Å²) in [4.78, 5) is 11.6. The van der Waals surface area contributed by atoms with Crippen LogP contribution in [0.2, 0.25) is 0 Å². The molecule has 1 unspecified atom stereocenters. The number of carbonyl (C=O) groups excluding carboxylic acids is 1. The predicted octanol–water partition coefficient (Wildman–Crippen LogP) is 2.72. The molecule has 5 nitrogen and oxygen atoms in total. The van der Waals surface area contributed by atoms with Crippen LogP contribution >= 0.6 is 0 Å². The van der Waals surface area contributed by atoms with Crippen molar-refractivity contribution in [3.05, 3.63) is 48.0 Å². The minimum Gasteiger partial charge on any atom is -0.508 e. The second kappa shape index (κ2) is 5.36. The molecule has 108 valence electrons. The average Bonchev–Trinajstić information content (AvgIpc) is 2.48. The number of benzene rings is 2. The quantitative estimate of drug-likeness (QED) is 0.810. The number of phenols is 1. The molecule has 1 amide bonds. The molecule has 0 bridgehead atoms. The van der Waals surface area contributed by atoms with Crippen LogP contribution in [-0.2, 0) is 11.3 Å². The smallest absolute Gasteiger partial charge is 0.265 e. The Morgan fingerprint density at radius 2 is 2.10 bits per heavy atom. The van der Waals surface area contributed by atoms with E-state index in [4.69, 9.17) is 4.74 Å². The Morgan fingerprint density at radius 3 is 2.90 bits per heavy atom. The number of phenolic OH excluding ortho intramolecular Hbond substituents is 1. The van der Waals surface area contributed by atoms with Crippen LogP contribution in [0.5, 0.6) is 11.5 Å². The number of ether oxygens (including phenoxy) is 1. The Kier molecular flexibility index (Phi) is 3.39. The zero-order valence-electron chi connectivity index (χ0n) is 11.6. The topological polar surface area (TPSA) is 70.6 Å². The minimum absolute atomic E-state index is 0.152. The van der Waals surface area contributed by atoms with Crippen LogP contribution in [0.3, 0.4) is 0 Å². The standard InChI is InChI=1S/C16H16N2O3/c1-10-16(20)18-13-8-12(6-7-15(13)21-10)17-9-11-4-2-3-5-14(11)19/h2-8,10,17,19H,9H2,1H3,(H,18,20). The van der Waals surface area contributed by atoms with Gasteiger partial charge in [-0.15, -0.1) is 0 Å². The summed E-state index contributed by atoms with van der Waals surface area (Å²) < 4.78 is 5.50. The van der Waals surface area contributed by atoms with Gasteiger partial charge in [0.2, 0.25) is 0 Å². The summed E-state index contributed by atoms with van der Waals surface area (Å²) in [5.41, 5.74) is 2.31. The van der Waals surface area contributed by atoms with E-state index in [1.165, 1.54) is 0 Å². The van der Waals surface area contributed by atoms with Crippen molar-refractivity contribution in [3.8, 4) is 11.5 Å². The van der Waals surface area contributed by atoms with Crippen LogP contribution in [0.15, 0.2) is 42.5 Å². The first kappa shape index (κ1) is 13.3. The van der Waals surface area contributed by atoms with Gasteiger partial charge in [-0.25, -0.2) is 0 Å². The van der Waals surface area contributed by atoms with E-state index < -0.39 is 6.10 Å². The molecule has 0 aliphatic carbocycles. The number of para-hydroxylation sites is 1. The van der Waals surface area contributed by atoms with Gasteiger partial charge in [0.25, 0.3) is 5.91 Å². The summed E-state index contributed by atoms with van der Waals surface area (Å²) >= 11 is 0. The van der Waals surface area contributed by atoms with Crippen molar-refractivity contribution in [1.82, 2.24) is 0 Å². The van der Waals surface area contributed by atoms with Gasteiger partial charge >= 0.3 is 0 Å². The SMILES string of the molecule is CC1Oc2ccc(NCc3ccccc3O)cc2NC1=O. The summed E-state index contributed by atoms with van der Waals surface area (Å²) in [5.74, 6) is 0.768. The number of carbonyl (C=O) groups is 1. The summed E-state index contributed by atoms with van der Waals surface area (Å²) in [6, 6.07) is 12.7. The van der Waals surface area contributed by atoms with Gasteiger partial charge in [-0.05, 0) is 31.2 Å². The van der Waals surface area contributed by atoms with Crippen molar-refractivity contribution in [2.75, 3.05) is 10.6 Å². The molecule has 2 aromatic rings. The van der Waals surface area contributed by atoms with Gasteiger partial charge in [0.15, 0.2) is 6.10 Å². The molecule has 1 aliphatic rings. The van der Waals surface area contributed by atoms with Gasteiger partial charge in [-0.3, -0.25) is 4.79 Å². The molecule has 2 aromatic carbocycles. The molecular weight excluding hydrogens is 268 g/mol. The van der Waals surface area contributed by atoms with Crippen molar-refractivity contribution in [3.63, 3.8) is 0 Å². The molecule has 3 rings (SSSR count). The van der Waals surface area contributed by atoms with Crippen LogP contribution in [0.1, 0.15) is 12.5 Å². The predicted molar refractivity (Wildman–Crippen MR) is 80.6 cm³/mol. The van der Waals surface area contributed by atoms with E-state index in [0.29, 0.717) is 18.0 Å². The number of rotatable bonds is 3. The van der Waals surface area contributed by atoms with Crippen molar-refractivity contribution in [2.45, 2.75) is 19.6 Å². The fraction of sp³-hybridized carbons (Fsp3) is 0.188. The van der Waals surface area contributed by atoms with Gasteiger partial charge in [-0.2, -0.15) is 0 Å². The van der Waals surface area contributed by atoms with Crippen LogP contribution in [0.25, 0.3) is 0 Å². The second-order valence-electron chi connectivity index (χ2n) is 4.94. The first-order valence-electron chi connectivity index (χ1n) is 6.76. The van der Waals surface area contributed by atoms with Crippen molar-refractivity contribution in [2.24, 2.45) is 0 Å². The fourth-order valence-corrected chi connectivity index (χ4v) is 2.18. The molecule has 0 saturated carbocycles. The Morgan fingerprint density at radius 1 is 1.29 bits per heavy atom. The third-order valence-corrected chi connectivity index (χ3v) is 3.38. The van der Waals surface area contributed by atoms with E-state index in [2.05, 4.69) is 10.6 Å². The molecule has 3 N–H and O–H groups in total. The summed E-state index contributed by atoms with van der Waals surface area (Å²) in [6.45, 7) is 2.21. The third-order valence-electron chi connectivity index (χ3n) is 3.38. The molecule has 21 heavy (non-hydrogen) atoms. The maximum atomic E-state index is 11.6. The number of nitrogens with one attached hydrogen (secondary N) is 2. The molecule has 5 heteroatoms. The number of hydrogen-bond acceptors (Lipinski definition) is 4. The normalized spacial score (nSPS) is 16.6. The maximum Gasteiger partial charge on any atom is 0.265 e. The first-order valence-corrected chi connectivity index (χ1v) is 6.76. The van der Waals surface area contributed by atoms with Crippen LogP contribution in [0.4, 0.5) is 11.4 Å². The highest BCUT2D eigenvalue weighted by Gasteiger charge is 2.23. The molecule has 0 fully saturated rings. The second-order valence-corrected chi connectivity index (χ2v) is 4.94. The molecule has 0 saturated heterocycles. The number of anilines is 2. The third kappa shape index (κ3) is 2.76. The van der Waals surface area contributed by atoms with Crippen LogP contribution in [0, 0.1) is 0 Å². The van der Waals surface area contributed by atoms with E-state index in [0.717, 1.165) is 11.3 Å². The monoisotopic (exact) mass is 284 g/mol. The van der Waals surface area contributed by atoms with E-state index in [9.17, 15) is 9.90 Å². The van der Waals surface area contributed by atoms with Crippen molar-refractivity contribution >= 4 is 17.3 Å². The molecule has 0 spiro atoms. The first-order chi connectivity index (χ1) is 10.1. The van der Waals surface area contributed by atoms with Crippen LogP contribution in [-0.4, -0.2) is 17.1 Å². The summed E-state index contributed by atoms with van der Waals surface area (Å²) in [6.07, 6.45) is -0.474. The highest BCUT2D eigenvalue weighted by atomic mass is 16.5.